The topological polar surface area (TPSA) is 89.3 Å². The van der Waals surface area contributed by atoms with Gasteiger partial charge in [0.1, 0.15) is 0 Å². The van der Waals surface area contributed by atoms with Crippen LogP contribution in [-0.2, 0) is 27.8 Å². The Bertz CT molecular complexity index is 857. The highest BCUT2D eigenvalue weighted by Gasteiger charge is 2.09. The lowest BCUT2D eigenvalue weighted by molar-refractivity contribution is -0.120. The zero-order chi connectivity index (χ0) is 17.9. The van der Waals surface area contributed by atoms with Crippen molar-refractivity contribution < 1.29 is 13.2 Å². The number of primary sulfonamides is 1. The molecule has 0 spiro atoms. The van der Waals surface area contributed by atoms with E-state index in [4.69, 9.17) is 5.14 Å². The number of nitrogens with two attached hydrogens (primary N) is 1. The smallest absolute Gasteiger partial charge is 0.238 e. The van der Waals surface area contributed by atoms with Crippen LogP contribution in [0.3, 0.4) is 0 Å². The van der Waals surface area contributed by atoms with Crippen molar-refractivity contribution in [2.24, 2.45) is 5.14 Å². The molecule has 128 valence electrons. The minimum Gasteiger partial charge on any atom is -0.352 e. The number of hydrogen-bond acceptors (Lipinski definition) is 3. The summed E-state index contributed by atoms with van der Waals surface area (Å²) in [5, 5.41) is 7.90. The molecule has 0 saturated carbocycles. The van der Waals surface area contributed by atoms with Crippen LogP contribution in [0.4, 0.5) is 0 Å². The SMILES string of the molecule is Cc1cc(C)c(CC(=O)NCc2ccc(S(N)(=O)=O)cc2)cc1C. The second kappa shape index (κ2) is 7.15. The van der Waals surface area contributed by atoms with E-state index in [0.29, 0.717) is 13.0 Å². The van der Waals surface area contributed by atoms with Crippen LogP contribution in [0.15, 0.2) is 41.3 Å². The van der Waals surface area contributed by atoms with Crippen molar-refractivity contribution in [2.45, 2.75) is 38.6 Å². The predicted octanol–water partition coefficient (Wildman–Crippen LogP) is 2.12. The fraction of sp³-hybridized carbons (Fsp3) is 0.278. The lowest BCUT2D eigenvalue weighted by atomic mass is 9.98. The van der Waals surface area contributed by atoms with Gasteiger partial charge in [-0.15, -0.1) is 0 Å². The molecule has 2 aromatic rings. The van der Waals surface area contributed by atoms with Crippen LogP contribution in [0.5, 0.6) is 0 Å². The van der Waals surface area contributed by atoms with Crippen LogP contribution in [0.25, 0.3) is 0 Å². The van der Waals surface area contributed by atoms with Gasteiger partial charge in [0.05, 0.1) is 11.3 Å². The van der Waals surface area contributed by atoms with E-state index in [1.807, 2.05) is 19.9 Å². The Morgan fingerprint density at radius 3 is 2.17 bits per heavy atom. The summed E-state index contributed by atoms with van der Waals surface area (Å²) in [7, 11) is -3.69. The van der Waals surface area contributed by atoms with Crippen LogP contribution < -0.4 is 10.5 Å². The van der Waals surface area contributed by atoms with Gasteiger partial charge in [0.15, 0.2) is 0 Å². The molecule has 0 aliphatic carbocycles. The van der Waals surface area contributed by atoms with Gasteiger partial charge in [-0.05, 0) is 60.7 Å². The van der Waals surface area contributed by atoms with Gasteiger partial charge in [-0.3, -0.25) is 4.79 Å². The van der Waals surface area contributed by atoms with Crippen molar-refractivity contribution in [1.29, 1.82) is 0 Å². The van der Waals surface area contributed by atoms with Crippen molar-refractivity contribution in [3.63, 3.8) is 0 Å². The highest BCUT2D eigenvalue weighted by Crippen LogP contribution is 2.16. The molecule has 0 fully saturated rings. The second-order valence-electron chi connectivity index (χ2n) is 6.01. The first-order valence-corrected chi connectivity index (χ1v) is 9.16. The number of sulfonamides is 1. The van der Waals surface area contributed by atoms with Crippen molar-refractivity contribution in [2.75, 3.05) is 0 Å². The van der Waals surface area contributed by atoms with Crippen molar-refractivity contribution in [1.82, 2.24) is 5.32 Å². The van der Waals surface area contributed by atoms with Gasteiger partial charge in [-0.2, -0.15) is 0 Å². The Balaban J connectivity index is 1.97. The molecule has 0 aromatic heterocycles. The molecular weight excluding hydrogens is 324 g/mol. The summed E-state index contributed by atoms with van der Waals surface area (Å²) in [4.78, 5) is 12.2. The number of amides is 1. The van der Waals surface area contributed by atoms with Crippen LogP contribution in [0.1, 0.15) is 27.8 Å². The molecule has 24 heavy (non-hydrogen) atoms. The van der Waals surface area contributed by atoms with Gasteiger partial charge in [0.2, 0.25) is 15.9 Å². The molecule has 6 heteroatoms. The molecule has 1 amide bonds. The summed E-state index contributed by atoms with van der Waals surface area (Å²) in [6.45, 7) is 6.43. The lowest BCUT2D eigenvalue weighted by Gasteiger charge is -2.10. The van der Waals surface area contributed by atoms with Crippen LogP contribution in [0, 0.1) is 20.8 Å². The third-order valence-electron chi connectivity index (χ3n) is 4.04. The Kier molecular flexibility index (Phi) is 5.41. The van der Waals surface area contributed by atoms with Crippen molar-refractivity contribution in [3.8, 4) is 0 Å². The molecule has 0 unspecified atom stereocenters. The highest BCUT2D eigenvalue weighted by molar-refractivity contribution is 7.89. The number of benzene rings is 2. The molecule has 0 aliphatic rings. The number of aryl methyl sites for hydroxylation is 3. The first-order valence-electron chi connectivity index (χ1n) is 7.62. The summed E-state index contributed by atoms with van der Waals surface area (Å²) < 4.78 is 22.4. The van der Waals surface area contributed by atoms with Crippen LogP contribution in [-0.4, -0.2) is 14.3 Å². The maximum absolute atomic E-state index is 12.1. The van der Waals surface area contributed by atoms with Gasteiger partial charge in [-0.1, -0.05) is 24.3 Å². The maximum atomic E-state index is 12.1. The lowest BCUT2D eigenvalue weighted by Crippen LogP contribution is -2.25. The zero-order valence-corrected chi connectivity index (χ0v) is 14.9. The van der Waals surface area contributed by atoms with Crippen molar-refractivity contribution >= 4 is 15.9 Å². The summed E-state index contributed by atoms with van der Waals surface area (Å²) >= 11 is 0. The normalized spacial score (nSPS) is 11.3. The maximum Gasteiger partial charge on any atom is 0.238 e. The molecule has 2 aromatic carbocycles. The Morgan fingerprint density at radius 1 is 1.00 bits per heavy atom. The van der Waals surface area contributed by atoms with E-state index in [9.17, 15) is 13.2 Å². The monoisotopic (exact) mass is 346 g/mol. The molecule has 0 heterocycles. The Morgan fingerprint density at radius 2 is 1.58 bits per heavy atom. The van der Waals surface area contributed by atoms with Gasteiger partial charge < -0.3 is 5.32 Å². The van der Waals surface area contributed by atoms with E-state index in [0.717, 1.165) is 16.7 Å². The first kappa shape index (κ1) is 18.2. The third-order valence-corrected chi connectivity index (χ3v) is 4.97. The van der Waals surface area contributed by atoms with E-state index in [1.54, 1.807) is 12.1 Å². The third kappa shape index (κ3) is 4.66. The molecule has 0 aliphatic heterocycles. The average molecular weight is 346 g/mol. The molecule has 3 N–H and O–H groups in total. The number of nitrogens with one attached hydrogen (secondary N) is 1. The summed E-state index contributed by atoms with van der Waals surface area (Å²) in [6, 6.07) is 10.3. The average Bonchev–Trinajstić information content (AvgIpc) is 2.50. The van der Waals surface area contributed by atoms with E-state index >= 15 is 0 Å². The molecule has 2 rings (SSSR count). The van der Waals surface area contributed by atoms with Gasteiger partial charge in [0.25, 0.3) is 0 Å². The number of carbonyl (C=O) groups is 1. The van der Waals surface area contributed by atoms with E-state index in [-0.39, 0.29) is 10.8 Å². The molecule has 5 nitrogen and oxygen atoms in total. The van der Waals surface area contributed by atoms with Gasteiger partial charge in [0, 0.05) is 6.54 Å². The van der Waals surface area contributed by atoms with Crippen LogP contribution >= 0.6 is 0 Å². The van der Waals surface area contributed by atoms with E-state index < -0.39 is 10.0 Å². The highest BCUT2D eigenvalue weighted by atomic mass is 32.2. The van der Waals surface area contributed by atoms with Gasteiger partial charge in [-0.25, -0.2) is 13.6 Å². The fourth-order valence-electron chi connectivity index (χ4n) is 2.44. The second-order valence-corrected chi connectivity index (χ2v) is 7.57. The summed E-state index contributed by atoms with van der Waals surface area (Å²) in [5.41, 5.74) is 5.31. The largest absolute Gasteiger partial charge is 0.352 e. The summed E-state index contributed by atoms with van der Waals surface area (Å²) in [5.74, 6) is -0.0723. The quantitative estimate of drug-likeness (QED) is 0.869. The number of hydrogen-bond donors (Lipinski definition) is 2. The minimum absolute atomic E-state index is 0.0586. The van der Waals surface area contributed by atoms with E-state index in [1.165, 1.54) is 23.3 Å². The van der Waals surface area contributed by atoms with Crippen LogP contribution in [0.2, 0.25) is 0 Å². The molecule has 0 radical (unpaired) electrons. The molecular formula is C18H22N2O3S. The minimum atomic E-state index is -3.69. The van der Waals surface area contributed by atoms with E-state index in [2.05, 4.69) is 18.3 Å². The molecule has 0 bridgehead atoms. The predicted molar refractivity (Wildman–Crippen MR) is 94.0 cm³/mol. The van der Waals surface area contributed by atoms with Gasteiger partial charge >= 0.3 is 0 Å². The standard InChI is InChI=1S/C18H22N2O3S/c1-12-8-14(3)16(9-13(12)2)10-18(21)20-11-15-4-6-17(7-5-15)24(19,22)23/h4-9H,10-11H2,1-3H3,(H,20,21)(H2,19,22,23). The molecule has 0 atom stereocenters. The zero-order valence-electron chi connectivity index (χ0n) is 14.1. The summed E-state index contributed by atoms with van der Waals surface area (Å²) in [6.07, 6.45) is 0.322. The number of carbonyl (C=O) groups excluding carboxylic acids is 1. The Labute approximate surface area is 142 Å². The number of rotatable bonds is 5. The fourth-order valence-corrected chi connectivity index (χ4v) is 2.96. The van der Waals surface area contributed by atoms with Crippen molar-refractivity contribution in [3.05, 3.63) is 64.2 Å². The molecule has 0 saturated heterocycles. The first-order chi connectivity index (χ1) is 11.2. The Hall–Kier alpha value is -2.18.